The first-order chi connectivity index (χ1) is 7.86. The van der Waals surface area contributed by atoms with E-state index in [1.54, 1.807) is 17.1 Å². The molecule has 1 aromatic carbocycles. The lowest BCUT2D eigenvalue weighted by Crippen LogP contribution is -2.01. The van der Waals surface area contributed by atoms with Gasteiger partial charge in [0.05, 0.1) is 23.1 Å². The van der Waals surface area contributed by atoms with Crippen LogP contribution in [0, 0.1) is 0 Å². The van der Waals surface area contributed by atoms with Crippen molar-refractivity contribution in [2.24, 2.45) is 0 Å². The predicted octanol–water partition coefficient (Wildman–Crippen LogP) is 1.40. The van der Waals surface area contributed by atoms with E-state index >= 15 is 0 Å². The van der Waals surface area contributed by atoms with E-state index in [0.29, 0.717) is 5.69 Å². The number of hydrogen-bond donors (Lipinski definition) is 1. The van der Waals surface area contributed by atoms with Crippen LogP contribution < -0.4 is 5.73 Å². The van der Waals surface area contributed by atoms with Gasteiger partial charge in [-0.3, -0.25) is 4.98 Å². The summed E-state index contributed by atoms with van der Waals surface area (Å²) in [5.74, 6) is 0. The summed E-state index contributed by atoms with van der Waals surface area (Å²) in [7, 11) is 0. The Labute approximate surface area is 91.5 Å². The minimum atomic E-state index is 0.582. The molecule has 0 fully saturated rings. The zero-order chi connectivity index (χ0) is 11.0. The van der Waals surface area contributed by atoms with Gasteiger partial charge in [0.1, 0.15) is 5.52 Å². The third kappa shape index (κ3) is 1.22. The number of fused-ring (bicyclic) bond motifs is 1. The Kier molecular flexibility index (Phi) is 1.83. The molecule has 5 heteroatoms. The summed E-state index contributed by atoms with van der Waals surface area (Å²) in [6.45, 7) is 0. The van der Waals surface area contributed by atoms with Crippen molar-refractivity contribution in [2.45, 2.75) is 0 Å². The highest BCUT2D eigenvalue weighted by atomic mass is 15.4. The predicted molar refractivity (Wildman–Crippen MR) is 61.1 cm³/mol. The molecule has 2 N–H and O–H groups in total. The Morgan fingerprint density at radius 2 is 2.00 bits per heavy atom. The summed E-state index contributed by atoms with van der Waals surface area (Å²) in [5, 5.41) is 8.16. The van der Waals surface area contributed by atoms with E-state index in [4.69, 9.17) is 5.73 Å². The van der Waals surface area contributed by atoms with Crippen LogP contribution >= 0.6 is 0 Å². The Balaban J connectivity index is 2.31. The molecule has 0 spiro atoms. The monoisotopic (exact) mass is 211 g/mol. The third-order valence-corrected chi connectivity index (χ3v) is 2.41. The molecule has 0 unspecified atom stereocenters. The van der Waals surface area contributed by atoms with Crippen LogP contribution in [-0.2, 0) is 0 Å². The van der Waals surface area contributed by atoms with Gasteiger partial charge in [-0.2, -0.15) is 0 Å². The summed E-state index contributed by atoms with van der Waals surface area (Å²) in [6.07, 6.45) is 3.29. The van der Waals surface area contributed by atoms with E-state index in [0.717, 1.165) is 16.7 Å². The molecule has 3 aromatic rings. The van der Waals surface area contributed by atoms with Crippen LogP contribution in [0.4, 0.5) is 5.69 Å². The number of pyridine rings is 1. The third-order valence-electron chi connectivity index (χ3n) is 2.41. The van der Waals surface area contributed by atoms with Crippen LogP contribution in [-0.4, -0.2) is 20.0 Å². The summed E-state index contributed by atoms with van der Waals surface area (Å²) in [5.41, 5.74) is 9.01. The topological polar surface area (TPSA) is 69.6 Å². The first kappa shape index (κ1) is 8.84. The van der Waals surface area contributed by atoms with Crippen molar-refractivity contribution < 1.29 is 0 Å². The van der Waals surface area contributed by atoms with Crippen LogP contribution in [0.2, 0.25) is 0 Å². The molecular formula is C11H9N5. The van der Waals surface area contributed by atoms with E-state index in [1.807, 2.05) is 30.3 Å². The SMILES string of the molecule is Nc1cnccc1-n1nnc2ccccc21. The van der Waals surface area contributed by atoms with Crippen LogP contribution in [0.15, 0.2) is 42.7 Å². The lowest BCUT2D eigenvalue weighted by molar-refractivity contribution is 0.824. The molecule has 0 amide bonds. The van der Waals surface area contributed by atoms with Crippen LogP contribution in [0.5, 0.6) is 0 Å². The normalized spacial score (nSPS) is 10.8. The summed E-state index contributed by atoms with van der Waals surface area (Å²) >= 11 is 0. The van der Waals surface area contributed by atoms with Gasteiger partial charge >= 0.3 is 0 Å². The second-order valence-electron chi connectivity index (χ2n) is 3.42. The second kappa shape index (κ2) is 3.30. The average molecular weight is 211 g/mol. The molecule has 0 aliphatic carbocycles. The van der Waals surface area contributed by atoms with Crippen LogP contribution in [0.25, 0.3) is 16.7 Å². The fourth-order valence-corrected chi connectivity index (χ4v) is 1.64. The minimum Gasteiger partial charge on any atom is -0.396 e. The number of benzene rings is 1. The Morgan fingerprint density at radius 1 is 1.12 bits per heavy atom. The first-order valence-corrected chi connectivity index (χ1v) is 4.86. The van der Waals surface area contributed by atoms with Gasteiger partial charge in [0.15, 0.2) is 0 Å². The highest BCUT2D eigenvalue weighted by Crippen LogP contribution is 2.19. The minimum absolute atomic E-state index is 0.582. The number of para-hydroxylation sites is 1. The van der Waals surface area contributed by atoms with Crippen molar-refractivity contribution in [3.63, 3.8) is 0 Å². The van der Waals surface area contributed by atoms with Crippen molar-refractivity contribution in [1.29, 1.82) is 0 Å². The zero-order valence-electron chi connectivity index (χ0n) is 8.41. The van der Waals surface area contributed by atoms with Gasteiger partial charge in [0.25, 0.3) is 0 Å². The molecule has 0 radical (unpaired) electrons. The largest absolute Gasteiger partial charge is 0.396 e. The van der Waals surface area contributed by atoms with Gasteiger partial charge in [0, 0.05) is 6.20 Å². The lowest BCUT2D eigenvalue weighted by atomic mass is 10.3. The molecule has 2 aromatic heterocycles. The van der Waals surface area contributed by atoms with E-state index < -0.39 is 0 Å². The number of nitrogens with two attached hydrogens (primary N) is 1. The van der Waals surface area contributed by atoms with Gasteiger partial charge in [0.2, 0.25) is 0 Å². The molecule has 0 atom stereocenters. The van der Waals surface area contributed by atoms with Crippen molar-refractivity contribution in [1.82, 2.24) is 20.0 Å². The van der Waals surface area contributed by atoms with Gasteiger partial charge in [-0.25, -0.2) is 4.68 Å². The Morgan fingerprint density at radius 3 is 2.88 bits per heavy atom. The maximum atomic E-state index is 5.85. The van der Waals surface area contributed by atoms with Gasteiger partial charge in [-0.05, 0) is 18.2 Å². The van der Waals surface area contributed by atoms with Crippen molar-refractivity contribution in [3.05, 3.63) is 42.7 Å². The molecule has 3 rings (SSSR count). The fourth-order valence-electron chi connectivity index (χ4n) is 1.64. The van der Waals surface area contributed by atoms with Crippen LogP contribution in [0.1, 0.15) is 0 Å². The molecule has 78 valence electrons. The lowest BCUT2D eigenvalue weighted by Gasteiger charge is -2.04. The maximum absolute atomic E-state index is 5.85. The summed E-state index contributed by atoms with van der Waals surface area (Å²) < 4.78 is 1.71. The quantitative estimate of drug-likeness (QED) is 0.660. The van der Waals surface area contributed by atoms with Crippen molar-refractivity contribution >= 4 is 16.7 Å². The molecular weight excluding hydrogens is 202 g/mol. The molecule has 0 aliphatic rings. The molecule has 0 saturated heterocycles. The molecule has 0 bridgehead atoms. The number of anilines is 1. The smallest absolute Gasteiger partial charge is 0.113 e. The van der Waals surface area contributed by atoms with Gasteiger partial charge < -0.3 is 5.73 Å². The highest BCUT2D eigenvalue weighted by molar-refractivity contribution is 5.77. The molecule has 2 heterocycles. The second-order valence-corrected chi connectivity index (χ2v) is 3.42. The number of aromatic nitrogens is 4. The Hall–Kier alpha value is -2.43. The maximum Gasteiger partial charge on any atom is 0.113 e. The number of rotatable bonds is 1. The number of nitrogens with zero attached hydrogens (tertiary/aromatic N) is 4. The van der Waals surface area contributed by atoms with E-state index in [2.05, 4.69) is 15.3 Å². The van der Waals surface area contributed by atoms with Crippen molar-refractivity contribution in [2.75, 3.05) is 5.73 Å². The van der Waals surface area contributed by atoms with Crippen molar-refractivity contribution in [3.8, 4) is 5.69 Å². The van der Waals surface area contributed by atoms with E-state index in [9.17, 15) is 0 Å². The molecule has 5 nitrogen and oxygen atoms in total. The zero-order valence-corrected chi connectivity index (χ0v) is 8.41. The Bertz CT molecular complexity index is 643. The summed E-state index contributed by atoms with van der Waals surface area (Å²) in [4.78, 5) is 3.95. The average Bonchev–Trinajstić information content (AvgIpc) is 2.74. The standard InChI is InChI=1S/C11H9N5/c12-8-7-13-6-5-10(8)16-11-4-2-1-3-9(11)14-15-16/h1-7H,12H2. The van der Waals surface area contributed by atoms with Gasteiger partial charge in [-0.1, -0.05) is 17.3 Å². The van der Waals surface area contributed by atoms with E-state index in [-0.39, 0.29) is 0 Å². The number of nitrogen functional groups attached to an aromatic ring is 1. The van der Waals surface area contributed by atoms with E-state index in [1.165, 1.54) is 0 Å². The molecule has 0 aliphatic heterocycles. The summed E-state index contributed by atoms with van der Waals surface area (Å²) in [6, 6.07) is 9.55. The van der Waals surface area contributed by atoms with Gasteiger partial charge in [-0.15, -0.1) is 5.10 Å². The molecule has 0 saturated carbocycles. The highest BCUT2D eigenvalue weighted by Gasteiger charge is 2.07. The fraction of sp³-hybridized carbons (Fsp3) is 0. The van der Waals surface area contributed by atoms with Crippen LogP contribution in [0.3, 0.4) is 0 Å². The number of hydrogen-bond acceptors (Lipinski definition) is 4. The first-order valence-electron chi connectivity index (χ1n) is 4.86. The molecule has 16 heavy (non-hydrogen) atoms.